The smallest absolute Gasteiger partial charge is 0.397 e. The Hall–Kier alpha value is -3.13. The van der Waals surface area contributed by atoms with Gasteiger partial charge in [-0.25, -0.2) is 22.8 Å². The highest BCUT2D eigenvalue weighted by atomic mass is 35.5. The Labute approximate surface area is 204 Å². The molecule has 15 heteroatoms. The number of pyridine rings is 1. The largest absolute Gasteiger partial charge is 0.476 e. The van der Waals surface area contributed by atoms with Crippen molar-refractivity contribution in [3.05, 3.63) is 45.7 Å². The van der Waals surface area contributed by atoms with Crippen molar-refractivity contribution in [1.29, 1.82) is 0 Å². The molecule has 35 heavy (non-hydrogen) atoms. The van der Waals surface area contributed by atoms with Gasteiger partial charge in [-0.3, -0.25) is 9.79 Å². The van der Waals surface area contributed by atoms with Gasteiger partial charge in [0, 0.05) is 31.2 Å². The number of nitrogens with one attached hydrogen (secondary N) is 1. The Balaban J connectivity index is 1.74. The first-order valence-electron chi connectivity index (χ1n) is 10.2. The minimum Gasteiger partial charge on any atom is -0.476 e. The molecule has 0 aromatic carbocycles. The lowest BCUT2D eigenvalue weighted by Gasteiger charge is -2.42. The fourth-order valence-electron chi connectivity index (χ4n) is 3.29. The maximum atomic E-state index is 13.3. The van der Waals surface area contributed by atoms with Gasteiger partial charge in [0.2, 0.25) is 5.88 Å². The zero-order valence-corrected chi connectivity index (χ0v) is 20.2. The predicted molar refractivity (Wildman–Crippen MR) is 122 cm³/mol. The van der Waals surface area contributed by atoms with Crippen molar-refractivity contribution in [2.24, 2.45) is 16.1 Å². The van der Waals surface area contributed by atoms with Crippen LogP contribution in [0.4, 0.5) is 13.2 Å². The number of carbonyl (C=O) groups is 1. The lowest BCUT2D eigenvalue weighted by Crippen LogP contribution is -2.48. The van der Waals surface area contributed by atoms with Crippen molar-refractivity contribution in [1.82, 2.24) is 19.5 Å². The monoisotopic (exact) mass is 534 g/mol. The van der Waals surface area contributed by atoms with Crippen LogP contribution in [0.25, 0.3) is 5.82 Å². The van der Waals surface area contributed by atoms with Crippen molar-refractivity contribution < 1.29 is 31.1 Å². The number of alkyl halides is 3. The van der Waals surface area contributed by atoms with Crippen LogP contribution in [0.15, 0.2) is 40.0 Å². The number of hydrogen-bond acceptors (Lipinski definition) is 8. The molecule has 1 aliphatic rings. The molecule has 2 aromatic heterocycles. The Morgan fingerprint density at radius 1 is 1.37 bits per heavy atom. The molecule has 1 amide bonds. The summed E-state index contributed by atoms with van der Waals surface area (Å²) in [6.07, 6.45) is -1.49. The second-order valence-electron chi connectivity index (χ2n) is 7.90. The summed E-state index contributed by atoms with van der Waals surface area (Å²) in [5.41, 5.74) is 3.37. The Kier molecular flexibility index (Phi) is 7.45. The number of halogens is 4. The highest BCUT2D eigenvalue weighted by molar-refractivity contribution is 7.94. The molecule has 0 radical (unpaired) electrons. The van der Waals surface area contributed by atoms with E-state index in [4.69, 9.17) is 22.1 Å². The summed E-state index contributed by atoms with van der Waals surface area (Å²) in [6.45, 7) is 0.790. The SMILES string of the molecule is CN=CC(=C(C)N)S(=O)(=O)NC(=O)c1ccc(-n2ccc(OCC3(C(F)(F)F)CCC3)n2)nc1Cl. The van der Waals surface area contributed by atoms with Crippen molar-refractivity contribution >= 4 is 33.7 Å². The molecule has 0 aliphatic heterocycles. The summed E-state index contributed by atoms with van der Waals surface area (Å²) in [6, 6.07) is 3.91. The molecule has 0 bridgehead atoms. The van der Waals surface area contributed by atoms with E-state index < -0.39 is 34.1 Å². The number of carbonyl (C=O) groups excluding carboxylic acids is 1. The first kappa shape index (κ1) is 26.5. The highest BCUT2D eigenvalue weighted by Crippen LogP contribution is 2.53. The van der Waals surface area contributed by atoms with E-state index in [2.05, 4.69) is 15.1 Å². The molecule has 3 rings (SSSR count). The number of nitrogens with two attached hydrogens (primary N) is 1. The molecule has 0 unspecified atom stereocenters. The molecular formula is C20H22ClF3N6O4S. The lowest BCUT2D eigenvalue weighted by molar-refractivity contribution is -0.259. The van der Waals surface area contributed by atoms with Crippen molar-refractivity contribution in [3.8, 4) is 11.7 Å². The van der Waals surface area contributed by atoms with E-state index >= 15 is 0 Å². The number of allylic oxidation sites excluding steroid dienone is 2. The van der Waals surface area contributed by atoms with Gasteiger partial charge in [0.05, 0.1) is 5.56 Å². The molecule has 2 heterocycles. The number of sulfonamides is 1. The van der Waals surface area contributed by atoms with E-state index in [1.807, 2.05) is 4.72 Å². The molecule has 2 aromatic rings. The van der Waals surface area contributed by atoms with Gasteiger partial charge in [-0.1, -0.05) is 18.0 Å². The molecule has 10 nitrogen and oxygen atoms in total. The average molecular weight is 535 g/mol. The van der Waals surface area contributed by atoms with Gasteiger partial charge in [-0.15, -0.1) is 5.10 Å². The van der Waals surface area contributed by atoms with Crippen LogP contribution in [0, 0.1) is 5.41 Å². The first-order chi connectivity index (χ1) is 16.3. The Morgan fingerprint density at radius 2 is 2.06 bits per heavy atom. The highest BCUT2D eigenvalue weighted by Gasteiger charge is 2.58. The van der Waals surface area contributed by atoms with Crippen LogP contribution in [-0.2, 0) is 10.0 Å². The number of ether oxygens (including phenoxy) is 1. The van der Waals surface area contributed by atoms with Crippen LogP contribution in [-0.4, -0.2) is 55.1 Å². The lowest BCUT2D eigenvalue weighted by atomic mass is 9.69. The van der Waals surface area contributed by atoms with E-state index in [0.717, 1.165) is 6.21 Å². The second-order valence-corrected chi connectivity index (χ2v) is 9.90. The predicted octanol–water partition coefficient (Wildman–Crippen LogP) is 2.98. The fraction of sp³-hybridized carbons (Fsp3) is 0.400. The Morgan fingerprint density at radius 3 is 2.57 bits per heavy atom. The normalized spacial score (nSPS) is 16.5. The minimum absolute atomic E-state index is 0.000988. The molecule has 1 fully saturated rings. The third-order valence-electron chi connectivity index (χ3n) is 5.44. The van der Waals surface area contributed by atoms with Crippen LogP contribution in [0.3, 0.4) is 0 Å². The molecule has 190 valence electrons. The molecular weight excluding hydrogens is 513 g/mol. The van der Waals surface area contributed by atoms with Crippen molar-refractivity contribution in [3.63, 3.8) is 0 Å². The van der Waals surface area contributed by atoms with Gasteiger partial charge in [0.1, 0.15) is 22.1 Å². The number of amides is 1. The molecule has 0 spiro atoms. The third-order valence-corrected chi connectivity index (χ3v) is 7.19. The van der Waals surface area contributed by atoms with Crippen LogP contribution in [0.2, 0.25) is 5.15 Å². The van der Waals surface area contributed by atoms with Gasteiger partial charge in [0.15, 0.2) is 5.82 Å². The number of aromatic nitrogens is 3. The van der Waals surface area contributed by atoms with Gasteiger partial charge >= 0.3 is 6.18 Å². The van der Waals surface area contributed by atoms with Gasteiger partial charge in [-0.05, 0) is 31.9 Å². The van der Waals surface area contributed by atoms with E-state index in [1.165, 1.54) is 43.0 Å². The molecule has 1 saturated carbocycles. The average Bonchev–Trinajstić information content (AvgIpc) is 3.18. The van der Waals surface area contributed by atoms with Gasteiger partial charge in [-0.2, -0.15) is 13.2 Å². The van der Waals surface area contributed by atoms with Crippen LogP contribution < -0.4 is 15.2 Å². The van der Waals surface area contributed by atoms with Gasteiger partial charge < -0.3 is 10.5 Å². The minimum atomic E-state index is -4.37. The Bertz CT molecular complexity index is 1280. The maximum Gasteiger partial charge on any atom is 0.397 e. The van der Waals surface area contributed by atoms with Crippen LogP contribution in [0.5, 0.6) is 5.88 Å². The summed E-state index contributed by atoms with van der Waals surface area (Å²) in [5.74, 6) is -0.977. The summed E-state index contributed by atoms with van der Waals surface area (Å²) < 4.78 is 73.1. The maximum absolute atomic E-state index is 13.3. The van der Waals surface area contributed by atoms with E-state index in [-0.39, 0.29) is 45.9 Å². The summed E-state index contributed by atoms with van der Waals surface area (Å²) >= 11 is 6.08. The quantitative estimate of drug-likeness (QED) is 0.391. The first-order valence-corrected chi connectivity index (χ1v) is 12.0. The van der Waals surface area contributed by atoms with Gasteiger partial charge in [0.25, 0.3) is 15.9 Å². The van der Waals surface area contributed by atoms with Crippen LogP contribution >= 0.6 is 11.6 Å². The topological polar surface area (TPSA) is 142 Å². The van der Waals surface area contributed by atoms with Crippen molar-refractivity contribution in [2.75, 3.05) is 13.7 Å². The number of rotatable bonds is 8. The third kappa shape index (κ3) is 5.59. The standard InChI is InChI=1S/C20H22ClF3N6O4S/c1-12(25)14(10-26-2)35(32,33)29-18(31)13-4-5-15(27-17(13)21)30-9-6-16(28-30)34-11-19(7-3-8-19)20(22,23)24/h4-6,9-10H,3,7-8,11,25H2,1-2H3,(H,29,31). The number of hydrogen-bond donors (Lipinski definition) is 2. The van der Waals surface area contributed by atoms with Crippen LogP contribution in [0.1, 0.15) is 36.5 Å². The summed E-state index contributed by atoms with van der Waals surface area (Å²) in [4.78, 5) is 19.7. The summed E-state index contributed by atoms with van der Waals surface area (Å²) in [5, 5.41) is 3.70. The van der Waals surface area contributed by atoms with E-state index in [1.54, 1.807) is 0 Å². The number of aliphatic imine (C=N–C) groups is 1. The molecule has 1 aliphatic carbocycles. The van der Waals surface area contributed by atoms with E-state index in [0.29, 0.717) is 6.42 Å². The fourth-order valence-corrected chi connectivity index (χ4v) is 4.66. The zero-order valence-electron chi connectivity index (χ0n) is 18.6. The van der Waals surface area contributed by atoms with E-state index in [9.17, 15) is 26.4 Å². The summed E-state index contributed by atoms with van der Waals surface area (Å²) in [7, 11) is -2.99. The zero-order chi connectivity index (χ0) is 26.0. The second kappa shape index (κ2) is 9.85. The molecule has 0 saturated heterocycles. The number of nitrogens with zero attached hydrogens (tertiary/aromatic N) is 4. The molecule has 0 atom stereocenters. The molecule has 3 N–H and O–H groups in total. The van der Waals surface area contributed by atoms with Crippen molar-refractivity contribution in [2.45, 2.75) is 32.4 Å².